The smallest absolute Gasteiger partial charge is 0.323 e. The maximum absolute atomic E-state index is 12.4. The summed E-state index contributed by atoms with van der Waals surface area (Å²) in [7, 11) is 0. The molecule has 0 spiro atoms. The number of hydrogen-bond acceptors (Lipinski definition) is 4. The number of carbonyl (C=O) groups excluding carboxylic acids is 1. The zero-order chi connectivity index (χ0) is 15.4. The third kappa shape index (κ3) is 3.79. The number of hydrogen-bond donors (Lipinski definition) is 2. The first-order chi connectivity index (χ1) is 9.97. The molecule has 2 N–H and O–H groups in total. The van der Waals surface area contributed by atoms with Crippen molar-refractivity contribution < 1.29 is 19.8 Å². The van der Waals surface area contributed by atoms with Gasteiger partial charge in [0.2, 0.25) is 0 Å². The van der Waals surface area contributed by atoms with E-state index in [0.717, 1.165) is 4.90 Å². The van der Waals surface area contributed by atoms with Crippen molar-refractivity contribution >= 4 is 33.5 Å². The molecule has 7 heteroatoms. The predicted molar refractivity (Wildman–Crippen MR) is 79.4 cm³/mol. The maximum Gasteiger partial charge on any atom is 0.323 e. The number of aliphatic carboxylic acids is 1. The average molecular weight is 351 g/mol. The SMILES string of the molecule is O=C(O)CN(C(=O)c1ccc(Br)nc1)c1ccc(O)cc1. The number of carboxylic acids is 1. The molecule has 0 atom stereocenters. The van der Waals surface area contributed by atoms with Gasteiger partial charge in [-0.25, -0.2) is 4.98 Å². The molecule has 0 fully saturated rings. The summed E-state index contributed by atoms with van der Waals surface area (Å²) in [6.07, 6.45) is 1.36. The highest BCUT2D eigenvalue weighted by molar-refractivity contribution is 9.10. The van der Waals surface area contributed by atoms with Gasteiger partial charge in [0.25, 0.3) is 5.91 Å². The molecule has 2 rings (SSSR count). The number of aromatic nitrogens is 1. The van der Waals surface area contributed by atoms with E-state index >= 15 is 0 Å². The van der Waals surface area contributed by atoms with E-state index < -0.39 is 18.4 Å². The van der Waals surface area contributed by atoms with Crippen LogP contribution in [-0.4, -0.2) is 33.6 Å². The molecule has 0 saturated heterocycles. The van der Waals surface area contributed by atoms with Crippen molar-refractivity contribution in [2.75, 3.05) is 11.4 Å². The van der Waals surface area contributed by atoms with Crippen LogP contribution in [0.2, 0.25) is 0 Å². The lowest BCUT2D eigenvalue weighted by atomic mass is 10.2. The van der Waals surface area contributed by atoms with Crippen LogP contribution in [-0.2, 0) is 4.79 Å². The molecule has 1 aromatic carbocycles. The minimum absolute atomic E-state index is 0.0341. The first-order valence-electron chi connectivity index (χ1n) is 5.91. The van der Waals surface area contributed by atoms with Gasteiger partial charge in [0.05, 0.1) is 5.56 Å². The van der Waals surface area contributed by atoms with Gasteiger partial charge < -0.3 is 10.2 Å². The molecular formula is C14H11BrN2O4. The Hall–Kier alpha value is -2.41. The van der Waals surface area contributed by atoms with Crippen LogP contribution in [0.25, 0.3) is 0 Å². The van der Waals surface area contributed by atoms with Crippen LogP contribution in [0.3, 0.4) is 0 Å². The summed E-state index contributed by atoms with van der Waals surface area (Å²) in [4.78, 5) is 28.5. The molecule has 0 aliphatic rings. The maximum atomic E-state index is 12.4. The van der Waals surface area contributed by atoms with E-state index in [0.29, 0.717) is 10.3 Å². The van der Waals surface area contributed by atoms with E-state index in [-0.39, 0.29) is 11.3 Å². The normalized spacial score (nSPS) is 10.1. The number of pyridine rings is 1. The summed E-state index contributed by atoms with van der Waals surface area (Å²) in [5.41, 5.74) is 0.649. The average Bonchev–Trinajstić information content (AvgIpc) is 2.46. The summed E-state index contributed by atoms with van der Waals surface area (Å²) in [6.45, 7) is -0.486. The van der Waals surface area contributed by atoms with E-state index in [2.05, 4.69) is 20.9 Å². The largest absolute Gasteiger partial charge is 0.508 e. The number of phenolic OH excluding ortho intramolecular Hbond substituents is 1. The molecule has 1 amide bonds. The summed E-state index contributed by atoms with van der Waals surface area (Å²) in [5.74, 6) is -1.59. The predicted octanol–water partition coefficient (Wildman–Crippen LogP) is 2.28. The highest BCUT2D eigenvalue weighted by atomic mass is 79.9. The first kappa shape index (κ1) is 15.0. The van der Waals surface area contributed by atoms with Crippen molar-refractivity contribution in [2.24, 2.45) is 0 Å². The van der Waals surface area contributed by atoms with Crippen LogP contribution in [0.5, 0.6) is 5.75 Å². The number of anilines is 1. The quantitative estimate of drug-likeness (QED) is 0.825. The number of phenols is 1. The Labute approximate surface area is 128 Å². The highest BCUT2D eigenvalue weighted by Crippen LogP contribution is 2.20. The Morgan fingerprint density at radius 3 is 2.33 bits per heavy atom. The van der Waals surface area contributed by atoms with Crippen LogP contribution < -0.4 is 4.90 Å². The molecule has 0 aliphatic heterocycles. The Kier molecular flexibility index (Phi) is 4.54. The van der Waals surface area contributed by atoms with Crippen molar-refractivity contribution in [3.8, 4) is 5.75 Å². The Morgan fingerprint density at radius 1 is 1.14 bits per heavy atom. The number of carboxylic acid groups (broad SMARTS) is 1. The summed E-state index contributed by atoms with van der Waals surface area (Å²) in [5, 5.41) is 18.2. The van der Waals surface area contributed by atoms with E-state index in [9.17, 15) is 14.7 Å². The summed E-state index contributed by atoms with van der Waals surface area (Å²) < 4.78 is 0.577. The van der Waals surface area contributed by atoms with Gasteiger partial charge in [0.1, 0.15) is 16.9 Å². The summed E-state index contributed by atoms with van der Waals surface area (Å²) >= 11 is 3.17. The second kappa shape index (κ2) is 6.36. The van der Waals surface area contributed by atoms with Crippen LogP contribution in [0.15, 0.2) is 47.2 Å². The number of benzene rings is 1. The number of halogens is 1. The Bertz CT molecular complexity index is 656. The molecule has 0 aliphatic carbocycles. The van der Waals surface area contributed by atoms with Gasteiger partial charge in [0.15, 0.2) is 0 Å². The third-order valence-electron chi connectivity index (χ3n) is 2.67. The first-order valence-corrected chi connectivity index (χ1v) is 6.71. The lowest BCUT2D eigenvalue weighted by Crippen LogP contribution is -2.35. The second-order valence-electron chi connectivity index (χ2n) is 4.17. The zero-order valence-electron chi connectivity index (χ0n) is 10.7. The van der Waals surface area contributed by atoms with E-state index in [1.54, 1.807) is 12.1 Å². The molecule has 0 saturated carbocycles. The Morgan fingerprint density at radius 2 is 1.81 bits per heavy atom. The fraction of sp³-hybridized carbons (Fsp3) is 0.0714. The highest BCUT2D eigenvalue weighted by Gasteiger charge is 2.20. The van der Waals surface area contributed by atoms with Crippen LogP contribution in [0.1, 0.15) is 10.4 Å². The van der Waals surface area contributed by atoms with Crippen LogP contribution >= 0.6 is 15.9 Å². The van der Waals surface area contributed by atoms with Crippen molar-refractivity contribution in [1.82, 2.24) is 4.98 Å². The van der Waals surface area contributed by atoms with Gasteiger partial charge >= 0.3 is 5.97 Å². The van der Waals surface area contributed by atoms with Gasteiger partial charge in [-0.15, -0.1) is 0 Å². The molecule has 1 heterocycles. The number of nitrogens with zero attached hydrogens (tertiary/aromatic N) is 2. The number of rotatable bonds is 4. The van der Waals surface area contributed by atoms with Gasteiger partial charge in [-0.3, -0.25) is 14.5 Å². The molecule has 2 aromatic rings. The fourth-order valence-electron chi connectivity index (χ4n) is 1.71. The molecule has 21 heavy (non-hydrogen) atoms. The van der Waals surface area contributed by atoms with E-state index in [1.165, 1.54) is 30.5 Å². The minimum Gasteiger partial charge on any atom is -0.508 e. The number of carbonyl (C=O) groups is 2. The van der Waals surface area contributed by atoms with Crippen molar-refractivity contribution in [3.05, 3.63) is 52.8 Å². The molecule has 0 unspecified atom stereocenters. The molecule has 0 radical (unpaired) electrons. The van der Waals surface area contributed by atoms with Gasteiger partial charge in [-0.05, 0) is 52.3 Å². The Balaban J connectivity index is 2.35. The fourth-order valence-corrected chi connectivity index (χ4v) is 1.94. The lowest BCUT2D eigenvalue weighted by Gasteiger charge is -2.20. The van der Waals surface area contributed by atoms with Crippen molar-refractivity contribution in [3.63, 3.8) is 0 Å². The second-order valence-corrected chi connectivity index (χ2v) is 4.98. The molecule has 1 aromatic heterocycles. The van der Waals surface area contributed by atoms with E-state index in [4.69, 9.17) is 5.11 Å². The van der Waals surface area contributed by atoms with Crippen LogP contribution in [0.4, 0.5) is 5.69 Å². The van der Waals surface area contributed by atoms with E-state index in [1.807, 2.05) is 0 Å². The van der Waals surface area contributed by atoms with Crippen molar-refractivity contribution in [2.45, 2.75) is 0 Å². The summed E-state index contributed by atoms with van der Waals surface area (Å²) in [6, 6.07) is 8.87. The monoisotopic (exact) mass is 350 g/mol. The van der Waals surface area contributed by atoms with Gasteiger partial charge in [0, 0.05) is 11.9 Å². The molecular weight excluding hydrogens is 340 g/mol. The minimum atomic E-state index is -1.14. The third-order valence-corrected chi connectivity index (χ3v) is 3.14. The van der Waals surface area contributed by atoms with Crippen molar-refractivity contribution in [1.29, 1.82) is 0 Å². The lowest BCUT2D eigenvalue weighted by molar-refractivity contribution is -0.135. The van der Waals surface area contributed by atoms with Gasteiger partial charge in [-0.2, -0.15) is 0 Å². The number of aromatic hydroxyl groups is 1. The van der Waals surface area contributed by atoms with Crippen LogP contribution in [0, 0.1) is 0 Å². The zero-order valence-corrected chi connectivity index (χ0v) is 12.3. The van der Waals surface area contributed by atoms with Gasteiger partial charge in [-0.1, -0.05) is 0 Å². The number of amides is 1. The standard InChI is InChI=1S/C14H11BrN2O4/c15-12-6-1-9(7-16-12)14(21)17(8-13(19)20)10-2-4-11(18)5-3-10/h1-7,18H,8H2,(H,19,20). The molecule has 0 bridgehead atoms. The molecule has 108 valence electrons. The molecule has 6 nitrogen and oxygen atoms in total. The topological polar surface area (TPSA) is 90.7 Å².